The van der Waals surface area contributed by atoms with E-state index in [1.807, 2.05) is 27.7 Å². The van der Waals surface area contributed by atoms with Crippen LogP contribution in [0.2, 0.25) is 10.0 Å². The van der Waals surface area contributed by atoms with Gasteiger partial charge in [0.2, 0.25) is 10.0 Å². The van der Waals surface area contributed by atoms with Gasteiger partial charge in [-0.05, 0) is 48.2 Å². The van der Waals surface area contributed by atoms with Gasteiger partial charge in [0.25, 0.3) is 5.91 Å². The first-order valence-electron chi connectivity index (χ1n) is 11.1. The summed E-state index contributed by atoms with van der Waals surface area (Å²) in [6, 6.07) is 9.32. The number of amides is 1. The van der Waals surface area contributed by atoms with E-state index in [4.69, 9.17) is 29.6 Å². The molecule has 10 heteroatoms. The first kappa shape index (κ1) is 27.4. The van der Waals surface area contributed by atoms with Crippen molar-refractivity contribution in [1.29, 1.82) is 0 Å². The molecule has 0 fully saturated rings. The van der Waals surface area contributed by atoms with Crippen LogP contribution in [-0.4, -0.2) is 36.3 Å². The summed E-state index contributed by atoms with van der Waals surface area (Å²) in [5.74, 6) is 2.40. The Morgan fingerprint density at radius 3 is 2.23 bits per heavy atom. The van der Waals surface area contributed by atoms with E-state index in [0.717, 1.165) is 4.70 Å². The number of aromatic nitrogens is 1. The van der Waals surface area contributed by atoms with Crippen molar-refractivity contribution >= 4 is 60.7 Å². The maximum absolute atomic E-state index is 13.2. The van der Waals surface area contributed by atoms with Gasteiger partial charge in [-0.2, -0.15) is 9.30 Å². The van der Waals surface area contributed by atoms with Gasteiger partial charge in [-0.3, -0.25) is 4.79 Å². The van der Waals surface area contributed by atoms with Crippen molar-refractivity contribution in [2.75, 3.05) is 13.1 Å². The monoisotopic (exact) mass is 551 g/mol. The van der Waals surface area contributed by atoms with E-state index in [1.165, 1.54) is 39.9 Å². The Kier molecular flexibility index (Phi) is 8.84. The predicted octanol–water partition coefficient (Wildman–Crippen LogP) is 5.69. The standard InChI is InChI=1S/C25H27Cl2N3O3S2/c1-6-13-30-23-21(12-11-20(26)22(23)27)34-25(30)28-24(31)18-7-9-19(10-8-18)35(32,33)29(14-16(2)3)15-17(4)5/h1,7-12,16-17H,13-15H2,2-5H3. The summed E-state index contributed by atoms with van der Waals surface area (Å²) < 4.78 is 30.4. The summed E-state index contributed by atoms with van der Waals surface area (Å²) in [6.45, 7) is 8.92. The number of thiazole rings is 1. The SMILES string of the molecule is C#CCn1c(=NC(=O)c2ccc(S(=O)(=O)N(CC(C)C)CC(C)C)cc2)sc2ccc(Cl)c(Cl)c21. The third-order valence-electron chi connectivity index (χ3n) is 5.06. The number of carbonyl (C=O) groups is 1. The lowest BCUT2D eigenvalue weighted by Gasteiger charge is -2.25. The molecule has 0 saturated heterocycles. The van der Waals surface area contributed by atoms with Crippen LogP contribution in [0.1, 0.15) is 38.1 Å². The molecule has 0 unspecified atom stereocenters. The minimum atomic E-state index is -3.69. The highest BCUT2D eigenvalue weighted by Gasteiger charge is 2.26. The molecule has 0 radical (unpaired) electrons. The lowest BCUT2D eigenvalue weighted by atomic mass is 10.2. The minimum absolute atomic E-state index is 0.140. The van der Waals surface area contributed by atoms with Gasteiger partial charge in [0.05, 0.1) is 31.7 Å². The van der Waals surface area contributed by atoms with Crippen LogP contribution in [0, 0.1) is 24.2 Å². The number of benzene rings is 2. The van der Waals surface area contributed by atoms with Crippen LogP contribution in [0.3, 0.4) is 0 Å². The zero-order chi connectivity index (χ0) is 25.9. The van der Waals surface area contributed by atoms with Gasteiger partial charge in [0.1, 0.15) is 0 Å². The molecule has 1 aromatic heterocycles. The molecule has 6 nitrogen and oxygen atoms in total. The van der Waals surface area contributed by atoms with E-state index in [-0.39, 0.29) is 28.8 Å². The molecule has 0 bridgehead atoms. The molecule has 1 amide bonds. The van der Waals surface area contributed by atoms with Gasteiger partial charge < -0.3 is 4.57 Å². The minimum Gasteiger partial charge on any atom is -0.303 e. The Labute approximate surface area is 220 Å². The maximum atomic E-state index is 13.2. The van der Waals surface area contributed by atoms with Gasteiger partial charge in [-0.1, -0.05) is 68.2 Å². The Morgan fingerprint density at radius 1 is 1.09 bits per heavy atom. The summed E-state index contributed by atoms with van der Waals surface area (Å²) in [5, 5.41) is 0.716. The molecular formula is C25H27Cl2N3O3S2. The van der Waals surface area contributed by atoms with Gasteiger partial charge >= 0.3 is 0 Å². The van der Waals surface area contributed by atoms with E-state index in [1.54, 1.807) is 16.7 Å². The number of carbonyl (C=O) groups excluding carboxylic acids is 1. The molecule has 0 N–H and O–H groups in total. The van der Waals surface area contributed by atoms with E-state index < -0.39 is 15.9 Å². The third-order valence-corrected chi connectivity index (χ3v) is 8.74. The maximum Gasteiger partial charge on any atom is 0.279 e. The summed E-state index contributed by atoms with van der Waals surface area (Å²) in [5.41, 5.74) is 0.877. The zero-order valence-electron chi connectivity index (χ0n) is 20.0. The highest BCUT2D eigenvalue weighted by molar-refractivity contribution is 7.89. The largest absolute Gasteiger partial charge is 0.303 e. The zero-order valence-corrected chi connectivity index (χ0v) is 23.1. The summed E-state index contributed by atoms with van der Waals surface area (Å²) in [7, 11) is -3.69. The number of hydrogen-bond acceptors (Lipinski definition) is 4. The van der Waals surface area contributed by atoms with Crippen molar-refractivity contribution in [2.24, 2.45) is 16.8 Å². The Morgan fingerprint density at radius 2 is 1.69 bits per heavy atom. The van der Waals surface area contributed by atoms with Crippen molar-refractivity contribution in [2.45, 2.75) is 39.1 Å². The van der Waals surface area contributed by atoms with Crippen molar-refractivity contribution in [1.82, 2.24) is 8.87 Å². The molecular weight excluding hydrogens is 525 g/mol. The number of terminal acetylenes is 1. The fraction of sp³-hybridized carbons (Fsp3) is 0.360. The van der Waals surface area contributed by atoms with Crippen molar-refractivity contribution in [3.63, 3.8) is 0 Å². The molecule has 3 rings (SSSR count). The molecule has 3 aromatic rings. The van der Waals surface area contributed by atoms with Crippen molar-refractivity contribution in [3.8, 4) is 12.3 Å². The fourth-order valence-electron chi connectivity index (χ4n) is 3.58. The molecule has 0 atom stereocenters. The Balaban J connectivity index is 1.98. The summed E-state index contributed by atoms with van der Waals surface area (Å²) in [6.07, 6.45) is 5.52. The lowest BCUT2D eigenvalue weighted by molar-refractivity contribution is 0.0998. The number of hydrogen-bond donors (Lipinski definition) is 0. The molecule has 0 aliphatic carbocycles. The molecule has 0 saturated carbocycles. The lowest BCUT2D eigenvalue weighted by Crippen LogP contribution is -2.37. The van der Waals surface area contributed by atoms with Crippen LogP contribution in [-0.2, 0) is 16.6 Å². The molecule has 35 heavy (non-hydrogen) atoms. The second kappa shape index (κ2) is 11.3. The number of halogens is 2. The molecule has 0 aliphatic heterocycles. The van der Waals surface area contributed by atoms with Crippen LogP contribution in [0.4, 0.5) is 0 Å². The molecule has 186 valence electrons. The number of nitrogens with zero attached hydrogens (tertiary/aromatic N) is 3. The van der Waals surface area contributed by atoms with Crippen LogP contribution in [0.15, 0.2) is 46.3 Å². The Hall–Kier alpha value is -2.15. The topological polar surface area (TPSA) is 71.7 Å². The third kappa shape index (κ3) is 6.16. The molecule has 1 heterocycles. The normalized spacial score (nSPS) is 12.7. The van der Waals surface area contributed by atoms with Crippen LogP contribution in [0.5, 0.6) is 0 Å². The fourth-order valence-corrected chi connectivity index (χ4v) is 6.86. The van der Waals surface area contributed by atoms with Gasteiger partial charge in [-0.25, -0.2) is 8.42 Å². The quantitative estimate of drug-likeness (QED) is 0.338. The van der Waals surface area contributed by atoms with E-state index >= 15 is 0 Å². The van der Waals surface area contributed by atoms with E-state index in [0.29, 0.717) is 33.5 Å². The second-order valence-corrected chi connectivity index (χ2v) is 12.7. The van der Waals surface area contributed by atoms with Crippen LogP contribution in [0.25, 0.3) is 10.2 Å². The number of fused-ring (bicyclic) bond motifs is 1. The van der Waals surface area contributed by atoms with Gasteiger partial charge in [0, 0.05) is 18.7 Å². The van der Waals surface area contributed by atoms with Gasteiger partial charge in [-0.15, -0.1) is 6.42 Å². The first-order valence-corrected chi connectivity index (χ1v) is 14.1. The van der Waals surface area contributed by atoms with E-state index in [9.17, 15) is 13.2 Å². The molecule has 0 aliphatic rings. The Bertz CT molecular complexity index is 1440. The molecule has 0 spiro atoms. The smallest absolute Gasteiger partial charge is 0.279 e. The highest BCUT2D eigenvalue weighted by Crippen LogP contribution is 2.32. The average molecular weight is 553 g/mol. The van der Waals surface area contributed by atoms with Crippen LogP contribution >= 0.6 is 34.5 Å². The molecule has 2 aromatic carbocycles. The summed E-state index contributed by atoms with van der Waals surface area (Å²) in [4.78, 5) is 17.7. The number of rotatable bonds is 8. The number of sulfonamides is 1. The highest BCUT2D eigenvalue weighted by atomic mass is 35.5. The first-order chi connectivity index (χ1) is 16.4. The van der Waals surface area contributed by atoms with Gasteiger partial charge in [0.15, 0.2) is 4.80 Å². The second-order valence-electron chi connectivity index (χ2n) is 8.93. The predicted molar refractivity (Wildman–Crippen MR) is 143 cm³/mol. The van der Waals surface area contributed by atoms with Crippen LogP contribution < -0.4 is 4.80 Å². The average Bonchev–Trinajstić information content (AvgIpc) is 3.13. The summed E-state index contributed by atoms with van der Waals surface area (Å²) >= 11 is 13.8. The van der Waals surface area contributed by atoms with Crippen molar-refractivity contribution < 1.29 is 13.2 Å². The van der Waals surface area contributed by atoms with E-state index in [2.05, 4.69) is 10.9 Å². The van der Waals surface area contributed by atoms with Crippen molar-refractivity contribution in [3.05, 3.63) is 56.8 Å².